The molecule has 1 aliphatic heterocycles. The van der Waals surface area contributed by atoms with Gasteiger partial charge in [-0.2, -0.15) is 0 Å². The molecule has 0 unspecified atom stereocenters. The van der Waals surface area contributed by atoms with Crippen LogP contribution < -0.4 is 51.4 Å². The minimum Gasteiger partial charge on any atom is -0.449 e. The van der Waals surface area contributed by atoms with Crippen LogP contribution in [-0.4, -0.2) is 31.1 Å². The monoisotopic (exact) mass is 337 g/mol. The Morgan fingerprint density at radius 3 is 2.45 bits per heavy atom. The van der Waals surface area contributed by atoms with Crippen LogP contribution in [0.1, 0.15) is 12.0 Å². The molecule has 0 saturated heterocycles. The average Bonchev–Trinajstić information content (AvgIpc) is 2.45. The van der Waals surface area contributed by atoms with Crippen molar-refractivity contribution >= 4 is 13.1 Å². The van der Waals surface area contributed by atoms with Gasteiger partial charge in [-0.25, -0.2) is 4.79 Å². The van der Waals surface area contributed by atoms with Gasteiger partial charge in [0.05, 0.1) is 0 Å². The summed E-state index contributed by atoms with van der Waals surface area (Å²) < 4.78 is 42.1. The largest absolute Gasteiger partial charge is 1.00 e. The van der Waals surface area contributed by atoms with Crippen LogP contribution in [0.2, 0.25) is 6.32 Å². The zero-order chi connectivity index (χ0) is 15.3. The second-order valence-electron chi connectivity index (χ2n) is 5.01. The molecule has 22 heavy (non-hydrogen) atoms. The minimum absolute atomic E-state index is 0. The summed E-state index contributed by atoms with van der Waals surface area (Å²) in [6, 6.07) is 9.24. The maximum absolute atomic E-state index is 12.3. The molecule has 2 rings (SSSR count). The van der Waals surface area contributed by atoms with Gasteiger partial charge in [-0.15, -0.1) is 0 Å². The number of rotatable bonds is 4. The van der Waals surface area contributed by atoms with E-state index in [9.17, 15) is 17.7 Å². The Morgan fingerprint density at radius 2 is 1.91 bits per heavy atom. The van der Waals surface area contributed by atoms with Crippen LogP contribution in [0.5, 0.6) is 0 Å². The number of benzene rings is 1. The summed E-state index contributed by atoms with van der Waals surface area (Å²) in [5.74, 6) is 0. The van der Waals surface area contributed by atoms with Gasteiger partial charge in [0.1, 0.15) is 6.61 Å². The molecule has 3 nitrogen and oxygen atoms in total. The molecule has 0 fully saturated rings. The van der Waals surface area contributed by atoms with Gasteiger partial charge in [0.2, 0.25) is 0 Å². The molecule has 1 aromatic rings. The van der Waals surface area contributed by atoms with Gasteiger partial charge in [0.15, 0.2) is 0 Å². The van der Waals surface area contributed by atoms with Crippen LogP contribution in [0.4, 0.5) is 17.7 Å². The summed E-state index contributed by atoms with van der Waals surface area (Å²) in [4.78, 5) is 13.2. The van der Waals surface area contributed by atoms with Crippen LogP contribution in [0.15, 0.2) is 42.0 Å². The topological polar surface area (TPSA) is 29.5 Å². The van der Waals surface area contributed by atoms with Gasteiger partial charge in [0, 0.05) is 13.1 Å². The summed E-state index contributed by atoms with van der Waals surface area (Å²) in [6.45, 7) is -4.20. The number of hydrogen-bond acceptors (Lipinski definition) is 2. The number of carbonyl (C=O) groups is 1. The first-order valence-corrected chi connectivity index (χ1v) is 6.78. The van der Waals surface area contributed by atoms with Crippen molar-refractivity contribution in [1.82, 2.24) is 4.90 Å². The molecule has 0 spiro atoms. The zero-order valence-electron chi connectivity index (χ0n) is 12.5. The third-order valence-corrected chi connectivity index (χ3v) is 3.26. The van der Waals surface area contributed by atoms with E-state index >= 15 is 0 Å². The smallest absolute Gasteiger partial charge is 0.449 e. The molecule has 1 amide bonds. The van der Waals surface area contributed by atoms with Crippen LogP contribution in [0, 0.1) is 0 Å². The van der Waals surface area contributed by atoms with Crippen molar-refractivity contribution < 1.29 is 73.9 Å². The van der Waals surface area contributed by atoms with Gasteiger partial charge in [-0.3, -0.25) is 0 Å². The Labute approximate surface area is 170 Å². The van der Waals surface area contributed by atoms with E-state index in [0.717, 1.165) is 5.56 Å². The minimum atomic E-state index is -4.81. The molecular weight excluding hydrogens is 321 g/mol. The molecule has 0 N–H and O–H groups in total. The Morgan fingerprint density at radius 1 is 1.23 bits per heavy atom. The molecule has 1 aromatic carbocycles. The van der Waals surface area contributed by atoms with E-state index in [1.165, 1.54) is 11.0 Å². The SMILES string of the molecule is O=C(OCc1ccccc1)N1CC=C(C[B-](F)(F)F)CC1.[K+]. The van der Waals surface area contributed by atoms with Crippen molar-refractivity contribution in [2.75, 3.05) is 13.1 Å². The van der Waals surface area contributed by atoms with Crippen molar-refractivity contribution in [2.24, 2.45) is 0 Å². The molecule has 114 valence electrons. The summed E-state index contributed by atoms with van der Waals surface area (Å²) in [7, 11) is 0. The van der Waals surface area contributed by atoms with Crippen LogP contribution in [-0.2, 0) is 11.3 Å². The summed E-state index contributed by atoms with van der Waals surface area (Å²) in [5.41, 5.74) is 1.23. The number of halogens is 3. The van der Waals surface area contributed by atoms with Crippen LogP contribution in [0.25, 0.3) is 0 Å². The fourth-order valence-corrected chi connectivity index (χ4v) is 2.17. The van der Waals surface area contributed by atoms with Crippen molar-refractivity contribution in [3.05, 3.63) is 47.5 Å². The molecule has 8 heteroatoms. The van der Waals surface area contributed by atoms with Gasteiger partial charge >= 0.3 is 64.5 Å². The first-order valence-electron chi connectivity index (χ1n) is 6.78. The normalized spacial score (nSPS) is 14.9. The Kier molecular flexibility index (Phi) is 8.20. The molecular formula is C14H16BF3KNO2. The second kappa shape index (κ2) is 9.12. The third-order valence-electron chi connectivity index (χ3n) is 3.26. The van der Waals surface area contributed by atoms with E-state index in [4.69, 9.17) is 4.74 Å². The molecule has 1 heterocycles. The number of hydrogen-bond donors (Lipinski definition) is 0. The van der Waals surface area contributed by atoms with Gasteiger partial charge in [0.25, 0.3) is 0 Å². The molecule has 0 aliphatic carbocycles. The van der Waals surface area contributed by atoms with Crippen molar-refractivity contribution in [2.45, 2.75) is 19.3 Å². The predicted molar refractivity (Wildman–Crippen MR) is 74.8 cm³/mol. The van der Waals surface area contributed by atoms with Crippen molar-refractivity contribution in [3.63, 3.8) is 0 Å². The first kappa shape index (κ1) is 19.8. The molecule has 1 aliphatic rings. The fraction of sp³-hybridized carbons (Fsp3) is 0.357. The van der Waals surface area contributed by atoms with E-state index in [1.54, 1.807) is 0 Å². The third kappa shape index (κ3) is 6.87. The maximum atomic E-state index is 12.3. The van der Waals surface area contributed by atoms with Gasteiger partial charge < -0.3 is 22.6 Å². The van der Waals surface area contributed by atoms with E-state index < -0.39 is 19.4 Å². The Balaban J connectivity index is 0.00000242. The van der Waals surface area contributed by atoms with Crippen LogP contribution in [0.3, 0.4) is 0 Å². The molecule has 0 radical (unpaired) electrons. The molecule has 0 aromatic heterocycles. The zero-order valence-corrected chi connectivity index (χ0v) is 15.6. The fourth-order valence-electron chi connectivity index (χ4n) is 2.17. The van der Waals surface area contributed by atoms with Crippen LogP contribution >= 0.6 is 0 Å². The summed E-state index contributed by atoms with van der Waals surface area (Å²) in [6.07, 6.45) is 0.392. The Bertz CT molecular complexity index is 523. The summed E-state index contributed by atoms with van der Waals surface area (Å²) in [5, 5.41) is 0. The number of nitrogens with zero attached hydrogens (tertiary/aromatic N) is 1. The standard InChI is InChI=1S/C14H16BF3NO2.K/c16-15(17,18)10-12-6-8-19(9-7-12)14(20)21-11-13-4-2-1-3-5-13;/h1-6H,7-11H2;/q-1;+1. The molecule has 0 saturated carbocycles. The van der Waals surface area contributed by atoms with Gasteiger partial charge in [-0.1, -0.05) is 48.3 Å². The number of amides is 1. The van der Waals surface area contributed by atoms with Gasteiger partial charge in [-0.05, 0) is 12.0 Å². The average molecular weight is 337 g/mol. The number of ether oxygens (including phenoxy) is 1. The van der Waals surface area contributed by atoms with Crippen molar-refractivity contribution in [3.8, 4) is 0 Å². The maximum Gasteiger partial charge on any atom is 1.00 e. The first-order chi connectivity index (χ1) is 9.94. The summed E-state index contributed by atoms with van der Waals surface area (Å²) >= 11 is 0. The Hall–Kier alpha value is -0.279. The van der Waals surface area contributed by atoms with E-state index in [1.807, 2.05) is 30.3 Å². The van der Waals surface area contributed by atoms with E-state index in [0.29, 0.717) is 5.57 Å². The molecule has 0 bridgehead atoms. The quantitative estimate of drug-likeness (QED) is 0.601. The van der Waals surface area contributed by atoms with E-state index in [2.05, 4.69) is 0 Å². The van der Waals surface area contributed by atoms with E-state index in [-0.39, 0.29) is 77.5 Å². The van der Waals surface area contributed by atoms with Crippen molar-refractivity contribution in [1.29, 1.82) is 0 Å². The predicted octanol–water partition coefficient (Wildman–Crippen LogP) is 0.807. The second-order valence-corrected chi connectivity index (χ2v) is 5.01. The number of carbonyl (C=O) groups excluding carboxylic acids is 1. The molecule has 0 atom stereocenters.